The molecule has 1 N–H and O–H groups in total. The second-order valence-corrected chi connectivity index (χ2v) is 7.50. The minimum atomic E-state index is 0.0320. The van der Waals surface area contributed by atoms with Crippen LogP contribution in [0, 0.1) is 5.41 Å². The van der Waals surface area contributed by atoms with Crippen LogP contribution in [-0.2, 0) is 16.0 Å². The van der Waals surface area contributed by atoms with E-state index in [1.807, 2.05) is 6.92 Å². The molecule has 1 amide bonds. The molecule has 2 aromatic rings. The first-order chi connectivity index (χ1) is 12.2. The minimum Gasteiger partial charge on any atom is -0.382 e. The number of benzene rings is 1. The van der Waals surface area contributed by atoms with Crippen LogP contribution in [0.3, 0.4) is 0 Å². The number of nitrogens with one attached hydrogen (secondary N) is 1. The van der Waals surface area contributed by atoms with E-state index in [2.05, 4.69) is 41.1 Å². The van der Waals surface area contributed by atoms with Gasteiger partial charge in [0.05, 0.1) is 6.04 Å². The first-order valence-corrected chi connectivity index (χ1v) is 9.67. The Bertz CT molecular complexity index is 781. The maximum absolute atomic E-state index is 12.8. The lowest BCUT2D eigenvalue weighted by molar-refractivity contribution is -0.129. The van der Waals surface area contributed by atoms with Gasteiger partial charge in [-0.25, -0.2) is 0 Å². The number of para-hydroxylation sites is 1. The molecule has 0 aliphatic carbocycles. The standard InChI is InChI=1S/C21H28N2O2/c1-3-21(11-7-13-25-4-2)14-18(24)23-12-10-16-15-8-5-6-9-17(15)22-19(16)20(21)23/h5-6,8-9,20,22H,3-4,7,10-14H2,1-2H3/t20-,21+/m1/s1. The van der Waals surface area contributed by atoms with Gasteiger partial charge < -0.3 is 14.6 Å². The number of ether oxygens (including phenoxy) is 1. The molecule has 2 aliphatic rings. The molecule has 0 spiro atoms. The van der Waals surface area contributed by atoms with Gasteiger partial charge in [0, 0.05) is 48.2 Å². The predicted molar refractivity (Wildman–Crippen MR) is 99.5 cm³/mol. The molecule has 4 heteroatoms. The van der Waals surface area contributed by atoms with Crippen LogP contribution in [-0.4, -0.2) is 35.5 Å². The van der Waals surface area contributed by atoms with Crippen molar-refractivity contribution in [3.63, 3.8) is 0 Å². The van der Waals surface area contributed by atoms with Crippen LogP contribution in [0.15, 0.2) is 24.3 Å². The summed E-state index contributed by atoms with van der Waals surface area (Å²) in [5.74, 6) is 0.326. The molecule has 3 heterocycles. The number of amides is 1. The highest BCUT2D eigenvalue weighted by Crippen LogP contribution is 2.55. The highest BCUT2D eigenvalue weighted by Gasteiger charge is 2.53. The number of hydrogen-bond acceptors (Lipinski definition) is 2. The minimum absolute atomic E-state index is 0.0320. The van der Waals surface area contributed by atoms with Crippen molar-refractivity contribution in [2.75, 3.05) is 19.8 Å². The summed E-state index contributed by atoms with van der Waals surface area (Å²) >= 11 is 0. The van der Waals surface area contributed by atoms with Gasteiger partial charge in [-0.05, 0) is 44.2 Å². The van der Waals surface area contributed by atoms with Crippen LogP contribution in [0.1, 0.15) is 56.8 Å². The number of hydrogen-bond donors (Lipinski definition) is 1. The van der Waals surface area contributed by atoms with Crippen molar-refractivity contribution >= 4 is 16.8 Å². The first kappa shape index (κ1) is 16.6. The monoisotopic (exact) mass is 340 g/mol. The third-order valence-corrected chi connectivity index (χ3v) is 6.31. The maximum Gasteiger partial charge on any atom is 0.223 e. The van der Waals surface area contributed by atoms with Gasteiger partial charge in [0.1, 0.15) is 0 Å². The zero-order valence-corrected chi connectivity index (χ0v) is 15.3. The zero-order chi connectivity index (χ0) is 17.4. The Hall–Kier alpha value is -1.81. The number of aromatic nitrogens is 1. The van der Waals surface area contributed by atoms with E-state index in [1.165, 1.54) is 22.2 Å². The lowest BCUT2D eigenvalue weighted by Crippen LogP contribution is -2.38. The topological polar surface area (TPSA) is 45.3 Å². The van der Waals surface area contributed by atoms with Crippen LogP contribution in [0.25, 0.3) is 10.9 Å². The van der Waals surface area contributed by atoms with Gasteiger partial charge in [0.2, 0.25) is 5.91 Å². The lowest BCUT2D eigenvalue weighted by atomic mass is 9.71. The van der Waals surface area contributed by atoms with E-state index < -0.39 is 0 Å². The highest BCUT2D eigenvalue weighted by atomic mass is 16.5. The molecule has 2 atom stereocenters. The number of carbonyl (C=O) groups excluding carboxylic acids is 1. The third kappa shape index (κ3) is 2.58. The summed E-state index contributed by atoms with van der Waals surface area (Å²) in [6.45, 7) is 6.69. The maximum atomic E-state index is 12.8. The Morgan fingerprint density at radius 3 is 2.96 bits per heavy atom. The molecule has 0 bridgehead atoms. The van der Waals surface area contributed by atoms with E-state index in [0.717, 1.165) is 45.4 Å². The van der Waals surface area contributed by atoms with E-state index >= 15 is 0 Å². The van der Waals surface area contributed by atoms with E-state index in [1.54, 1.807) is 0 Å². The van der Waals surface area contributed by atoms with Gasteiger partial charge in [-0.15, -0.1) is 0 Å². The van der Waals surface area contributed by atoms with Crippen LogP contribution < -0.4 is 0 Å². The summed E-state index contributed by atoms with van der Waals surface area (Å²) in [6.07, 6.45) is 4.73. The molecule has 1 aromatic carbocycles. The van der Waals surface area contributed by atoms with Crippen molar-refractivity contribution in [2.24, 2.45) is 5.41 Å². The van der Waals surface area contributed by atoms with Gasteiger partial charge in [-0.3, -0.25) is 4.79 Å². The van der Waals surface area contributed by atoms with Crippen molar-refractivity contribution < 1.29 is 9.53 Å². The number of aromatic amines is 1. The number of H-pyrrole nitrogens is 1. The van der Waals surface area contributed by atoms with Crippen LogP contribution in [0.2, 0.25) is 0 Å². The molecular formula is C21H28N2O2. The first-order valence-electron chi connectivity index (χ1n) is 9.67. The molecule has 0 radical (unpaired) electrons. The summed E-state index contributed by atoms with van der Waals surface area (Å²) in [7, 11) is 0. The van der Waals surface area contributed by atoms with Crippen LogP contribution >= 0.6 is 0 Å². The summed E-state index contributed by atoms with van der Waals surface area (Å²) in [6, 6.07) is 8.74. The van der Waals surface area contributed by atoms with Crippen molar-refractivity contribution in [1.29, 1.82) is 0 Å². The Labute approximate surface area is 149 Å². The Morgan fingerprint density at radius 2 is 2.16 bits per heavy atom. The Morgan fingerprint density at radius 1 is 1.32 bits per heavy atom. The average Bonchev–Trinajstić information content (AvgIpc) is 3.15. The Kier molecular flexibility index (Phi) is 4.32. The highest BCUT2D eigenvalue weighted by molar-refractivity contribution is 5.87. The second kappa shape index (κ2) is 6.49. The zero-order valence-electron chi connectivity index (χ0n) is 15.3. The number of fused-ring (bicyclic) bond motifs is 5. The molecule has 25 heavy (non-hydrogen) atoms. The van der Waals surface area contributed by atoms with Gasteiger partial charge in [-0.2, -0.15) is 0 Å². The molecule has 2 aliphatic heterocycles. The molecule has 0 saturated carbocycles. The van der Waals surface area contributed by atoms with Crippen molar-refractivity contribution in [3.8, 4) is 0 Å². The fraction of sp³-hybridized carbons (Fsp3) is 0.571. The molecule has 0 unspecified atom stereocenters. The van der Waals surface area contributed by atoms with Crippen molar-refractivity contribution in [3.05, 3.63) is 35.5 Å². The normalized spacial score (nSPS) is 25.4. The van der Waals surface area contributed by atoms with E-state index in [-0.39, 0.29) is 11.5 Å². The van der Waals surface area contributed by atoms with Gasteiger partial charge in [0.15, 0.2) is 0 Å². The number of carbonyl (C=O) groups is 1. The second-order valence-electron chi connectivity index (χ2n) is 7.50. The molecule has 1 saturated heterocycles. The fourth-order valence-electron chi connectivity index (χ4n) is 5.04. The van der Waals surface area contributed by atoms with E-state index in [0.29, 0.717) is 12.3 Å². The summed E-state index contributed by atoms with van der Waals surface area (Å²) in [5.41, 5.74) is 3.95. The average molecular weight is 340 g/mol. The molecule has 1 fully saturated rings. The quantitative estimate of drug-likeness (QED) is 0.801. The SMILES string of the molecule is CCOCCC[C@@]1(CC)CC(=O)N2CCc3c([nH]c4ccccc34)[C@@H]21. The predicted octanol–water partition coefficient (Wildman–Crippen LogP) is 4.21. The summed E-state index contributed by atoms with van der Waals surface area (Å²) < 4.78 is 5.56. The van der Waals surface area contributed by atoms with Crippen molar-refractivity contribution in [2.45, 2.75) is 52.0 Å². The molecule has 4 nitrogen and oxygen atoms in total. The number of rotatable bonds is 6. The lowest BCUT2D eigenvalue weighted by Gasteiger charge is -2.40. The van der Waals surface area contributed by atoms with Crippen LogP contribution in [0.4, 0.5) is 0 Å². The van der Waals surface area contributed by atoms with Crippen LogP contribution in [0.5, 0.6) is 0 Å². The molecular weight excluding hydrogens is 312 g/mol. The third-order valence-electron chi connectivity index (χ3n) is 6.31. The summed E-state index contributed by atoms with van der Waals surface area (Å²) in [5, 5.41) is 1.33. The van der Waals surface area contributed by atoms with Gasteiger partial charge in [0.25, 0.3) is 0 Å². The molecule has 1 aromatic heterocycles. The fourth-order valence-corrected chi connectivity index (χ4v) is 5.04. The summed E-state index contributed by atoms with van der Waals surface area (Å²) in [4.78, 5) is 18.6. The smallest absolute Gasteiger partial charge is 0.223 e. The van der Waals surface area contributed by atoms with Gasteiger partial charge in [-0.1, -0.05) is 25.1 Å². The largest absolute Gasteiger partial charge is 0.382 e. The molecule has 134 valence electrons. The van der Waals surface area contributed by atoms with Crippen molar-refractivity contribution in [1.82, 2.24) is 9.88 Å². The molecule has 4 rings (SSSR count). The van der Waals surface area contributed by atoms with E-state index in [4.69, 9.17) is 4.74 Å². The number of nitrogens with zero attached hydrogens (tertiary/aromatic N) is 1. The van der Waals surface area contributed by atoms with Gasteiger partial charge >= 0.3 is 0 Å². The van der Waals surface area contributed by atoms with E-state index in [9.17, 15) is 4.79 Å². The Balaban J connectivity index is 1.73.